The molecule has 0 N–H and O–H groups in total. The van der Waals surface area contributed by atoms with E-state index in [9.17, 15) is 8.78 Å². The topological polar surface area (TPSA) is 9.23 Å². The van der Waals surface area contributed by atoms with Crippen LogP contribution in [0.15, 0.2) is 35.5 Å². The molecule has 0 bridgehead atoms. The highest BCUT2D eigenvalue weighted by molar-refractivity contribution is 5.54. The summed E-state index contributed by atoms with van der Waals surface area (Å²) in [5.74, 6) is 0.793. The van der Waals surface area contributed by atoms with E-state index in [0.29, 0.717) is 35.6 Å². The van der Waals surface area contributed by atoms with Gasteiger partial charge in [-0.1, -0.05) is 13.0 Å². The van der Waals surface area contributed by atoms with Crippen LogP contribution >= 0.6 is 0 Å². The van der Waals surface area contributed by atoms with E-state index in [1.165, 1.54) is 0 Å². The summed E-state index contributed by atoms with van der Waals surface area (Å²) < 4.78 is 33.8. The van der Waals surface area contributed by atoms with Crippen molar-refractivity contribution in [3.05, 3.63) is 35.5 Å². The Kier molecular flexibility index (Phi) is 3.57. The smallest absolute Gasteiger partial charge is 0.0945 e. The molecular formula is C20H26F2O. The molecule has 0 aromatic carbocycles. The van der Waals surface area contributed by atoms with Crippen molar-refractivity contribution in [1.29, 1.82) is 0 Å². The number of fused-ring (bicyclic) bond motifs is 5. The standard InChI is InChI=1S/C20H26F2O/c1-19-8-4-3-5-15(19)13(11-21)14(12-22)18-16(19)6-9-20(2)17(18)7-10-23-20/h5,11-12,16-18H,3-4,6-10H2,1-2H3/b13-11+,14-12-/t16-,17-,18+,19-,20-/m0/s1. The zero-order valence-electron chi connectivity index (χ0n) is 14.1. The Hall–Kier alpha value is -0.960. The molecular weight excluding hydrogens is 294 g/mol. The fraction of sp³-hybridized carbons (Fsp3) is 0.700. The minimum Gasteiger partial charge on any atom is -0.375 e. The van der Waals surface area contributed by atoms with Crippen LogP contribution in [0.2, 0.25) is 0 Å². The van der Waals surface area contributed by atoms with Crippen LogP contribution in [0, 0.1) is 23.2 Å². The van der Waals surface area contributed by atoms with Gasteiger partial charge in [0.2, 0.25) is 0 Å². The maximum absolute atomic E-state index is 13.9. The Labute approximate surface area is 137 Å². The molecule has 3 fully saturated rings. The highest BCUT2D eigenvalue weighted by Gasteiger charge is 2.59. The predicted octanol–water partition coefficient (Wildman–Crippen LogP) is 5.64. The van der Waals surface area contributed by atoms with Crippen molar-refractivity contribution in [3.63, 3.8) is 0 Å². The van der Waals surface area contributed by atoms with Crippen molar-refractivity contribution < 1.29 is 13.5 Å². The van der Waals surface area contributed by atoms with E-state index < -0.39 is 0 Å². The van der Waals surface area contributed by atoms with Crippen molar-refractivity contribution in [1.82, 2.24) is 0 Å². The number of halogens is 2. The SMILES string of the molecule is C[C@]12CCCC=C1C(=C/F)/C(=C/F)[C@@H]1[C@@H]2CC[C@]2(C)OCC[C@@H]12. The molecule has 1 aliphatic heterocycles. The van der Waals surface area contributed by atoms with E-state index in [2.05, 4.69) is 19.9 Å². The molecule has 126 valence electrons. The Morgan fingerprint density at radius 3 is 2.70 bits per heavy atom. The molecule has 3 aliphatic carbocycles. The Balaban J connectivity index is 1.87. The number of hydrogen-bond donors (Lipinski definition) is 0. The molecule has 1 saturated heterocycles. The summed E-state index contributed by atoms with van der Waals surface area (Å²) in [7, 11) is 0. The van der Waals surface area contributed by atoms with Gasteiger partial charge in [-0.25, -0.2) is 8.78 Å². The van der Waals surface area contributed by atoms with Gasteiger partial charge in [0.05, 0.1) is 18.3 Å². The Morgan fingerprint density at radius 1 is 1.13 bits per heavy atom. The molecule has 0 unspecified atom stereocenters. The zero-order valence-corrected chi connectivity index (χ0v) is 14.1. The summed E-state index contributed by atoms with van der Waals surface area (Å²) in [5.41, 5.74) is 1.98. The third-order valence-electron chi connectivity index (χ3n) is 7.33. The van der Waals surface area contributed by atoms with Crippen molar-refractivity contribution in [2.24, 2.45) is 23.2 Å². The van der Waals surface area contributed by atoms with Crippen LogP contribution in [0.3, 0.4) is 0 Å². The lowest BCUT2D eigenvalue weighted by Gasteiger charge is -2.57. The summed E-state index contributed by atoms with van der Waals surface area (Å²) >= 11 is 0. The van der Waals surface area contributed by atoms with Crippen LogP contribution in [0.25, 0.3) is 0 Å². The summed E-state index contributed by atoms with van der Waals surface area (Å²) in [6, 6.07) is 0. The van der Waals surface area contributed by atoms with Crippen LogP contribution in [0.5, 0.6) is 0 Å². The number of hydrogen-bond acceptors (Lipinski definition) is 1. The van der Waals surface area contributed by atoms with Crippen LogP contribution < -0.4 is 0 Å². The molecule has 3 heteroatoms. The average Bonchev–Trinajstić information content (AvgIpc) is 2.94. The fourth-order valence-electron chi connectivity index (χ4n) is 6.17. The number of allylic oxidation sites excluding steroid dienone is 4. The highest BCUT2D eigenvalue weighted by atomic mass is 19.1. The van der Waals surface area contributed by atoms with E-state index in [-0.39, 0.29) is 16.9 Å². The first kappa shape index (κ1) is 15.6. The lowest BCUT2D eigenvalue weighted by molar-refractivity contribution is -0.0783. The van der Waals surface area contributed by atoms with Gasteiger partial charge >= 0.3 is 0 Å². The summed E-state index contributed by atoms with van der Waals surface area (Å²) in [6.45, 7) is 5.20. The van der Waals surface area contributed by atoms with Crippen LogP contribution in [0.4, 0.5) is 8.78 Å². The summed E-state index contributed by atoms with van der Waals surface area (Å²) in [5, 5.41) is 0. The quantitative estimate of drug-likeness (QED) is 0.561. The molecule has 1 heterocycles. The summed E-state index contributed by atoms with van der Waals surface area (Å²) in [6.07, 6.45) is 9.75. The third kappa shape index (κ3) is 1.98. The second kappa shape index (κ2) is 5.27. The highest BCUT2D eigenvalue weighted by Crippen LogP contribution is 2.65. The van der Waals surface area contributed by atoms with Gasteiger partial charge in [-0.3, -0.25) is 0 Å². The zero-order chi connectivity index (χ0) is 16.2. The van der Waals surface area contributed by atoms with E-state index in [4.69, 9.17) is 4.74 Å². The Morgan fingerprint density at radius 2 is 1.96 bits per heavy atom. The molecule has 2 saturated carbocycles. The molecule has 23 heavy (non-hydrogen) atoms. The average molecular weight is 320 g/mol. The van der Waals surface area contributed by atoms with Gasteiger partial charge in [0.25, 0.3) is 0 Å². The van der Waals surface area contributed by atoms with Crippen molar-refractivity contribution in [2.45, 2.75) is 58.0 Å². The molecule has 0 aromatic heterocycles. The number of ether oxygens (including phenoxy) is 1. The molecule has 5 atom stereocenters. The second-order valence-electron chi connectivity index (χ2n) is 8.24. The normalized spacial score (nSPS) is 49.6. The largest absolute Gasteiger partial charge is 0.375 e. The van der Waals surface area contributed by atoms with Crippen LogP contribution in [0.1, 0.15) is 52.4 Å². The van der Waals surface area contributed by atoms with Gasteiger partial charge in [-0.15, -0.1) is 0 Å². The lowest BCUT2D eigenvalue weighted by atomic mass is 9.47. The second-order valence-corrected chi connectivity index (χ2v) is 8.24. The molecule has 0 aromatic rings. The first-order valence-electron chi connectivity index (χ1n) is 9.01. The first-order chi connectivity index (χ1) is 11.0. The molecule has 0 radical (unpaired) electrons. The fourth-order valence-corrected chi connectivity index (χ4v) is 6.17. The van der Waals surface area contributed by atoms with Gasteiger partial charge in [0.15, 0.2) is 0 Å². The molecule has 1 nitrogen and oxygen atoms in total. The predicted molar refractivity (Wildman–Crippen MR) is 87.1 cm³/mol. The summed E-state index contributed by atoms with van der Waals surface area (Å²) in [4.78, 5) is 0. The number of rotatable bonds is 0. The van der Waals surface area contributed by atoms with E-state index in [1.54, 1.807) is 0 Å². The molecule has 4 aliphatic rings. The van der Waals surface area contributed by atoms with Crippen molar-refractivity contribution in [3.8, 4) is 0 Å². The van der Waals surface area contributed by atoms with Gasteiger partial charge in [0, 0.05) is 12.2 Å². The minimum atomic E-state index is -0.164. The van der Waals surface area contributed by atoms with Crippen molar-refractivity contribution >= 4 is 0 Å². The van der Waals surface area contributed by atoms with E-state index in [0.717, 1.165) is 50.7 Å². The maximum Gasteiger partial charge on any atom is 0.0945 e. The first-order valence-corrected chi connectivity index (χ1v) is 9.01. The van der Waals surface area contributed by atoms with Crippen LogP contribution in [-0.4, -0.2) is 12.2 Å². The van der Waals surface area contributed by atoms with Gasteiger partial charge in [0.1, 0.15) is 0 Å². The van der Waals surface area contributed by atoms with Crippen LogP contribution in [-0.2, 0) is 4.74 Å². The van der Waals surface area contributed by atoms with E-state index >= 15 is 0 Å². The molecule has 0 spiro atoms. The monoisotopic (exact) mass is 320 g/mol. The maximum atomic E-state index is 13.9. The third-order valence-corrected chi connectivity index (χ3v) is 7.33. The lowest BCUT2D eigenvalue weighted by Crippen LogP contribution is -2.53. The van der Waals surface area contributed by atoms with Gasteiger partial charge < -0.3 is 4.74 Å². The molecule has 0 amide bonds. The van der Waals surface area contributed by atoms with Crippen molar-refractivity contribution in [2.75, 3.05) is 6.61 Å². The Bertz CT molecular complexity index is 605. The van der Waals surface area contributed by atoms with Gasteiger partial charge in [-0.2, -0.15) is 0 Å². The minimum absolute atomic E-state index is 0.0166. The van der Waals surface area contributed by atoms with E-state index in [1.807, 2.05) is 0 Å². The molecule has 4 rings (SSSR count). The van der Waals surface area contributed by atoms with Gasteiger partial charge in [-0.05, 0) is 79.8 Å².